The van der Waals surface area contributed by atoms with Crippen LogP contribution in [0.4, 0.5) is 4.39 Å². The fourth-order valence-corrected chi connectivity index (χ4v) is 3.77. The first-order valence-electron chi connectivity index (χ1n) is 8.90. The number of hydrogen-bond donors (Lipinski definition) is 0. The highest BCUT2D eigenvalue weighted by molar-refractivity contribution is 5.99. The van der Waals surface area contributed by atoms with Crippen molar-refractivity contribution < 1.29 is 9.18 Å². The fourth-order valence-electron chi connectivity index (χ4n) is 3.77. The predicted octanol–water partition coefficient (Wildman–Crippen LogP) is 4.45. The highest BCUT2D eigenvalue weighted by Crippen LogP contribution is 2.33. The maximum absolute atomic E-state index is 13.2. The van der Waals surface area contributed by atoms with Gasteiger partial charge in [-0.05, 0) is 35.6 Å². The molecule has 0 aliphatic heterocycles. The third kappa shape index (κ3) is 2.72. The van der Waals surface area contributed by atoms with E-state index in [0.29, 0.717) is 17.6 Å². The lowest BCUT2D eigenvalue weighted by molar-refractivity contribution is 0.0962. The Morgan fingerprint density at radius 1 is 0.963 bits per heavy atom. The van der Waals surface area contributed by atoms with Crippen molar-refractivity contribution in [3.8, 4) is 11.1 Å². The highest BCUT2D eigenvalue weighted by atomic mass is 19.1. The molecule has 0 saturated heterocycles. The molecule has 0 bridgehead atoms. The summed E-state index contributed by atoms with van der Waals surface area (Å²) in [5.41, 5.74) is 4.96. The quantitative estimate of drug-likeness (QED) is 0.533. The Hall–Kier alpha value is -3.34. The lowest BCUT2D eigenvalue weighted by Gasteiger charge is -2.23. The summed E-state index contributed by atoms with van der Waals surface area (Å²) in [5.74, 6) is -0.0476. The molecule has 1 unspecified atom stereocenters. The number of carbonyl (C=O) groups excluding carboxylic acids is 1. The molecule has 1 aliphatic rings. The van der Waals surface area contributed by atoms with Crippen LogP contribution < -0.4 is 0 Å². The summed E-state index contributed by atoms with van der Waals surface area (Å²) in [4.78, 5) is 17.5. The molecular formula is C22H16FN3O. The molecular weight excluding hydrogens is 341 g/mol. The summed E-state index contributed by atoms with van der Waals surface area (Å²) in [7, 11) is 0. The van der Waals surface area contributed by atoms with Gasteiger partial charge in [0, 0.05) is 18.2 Å². The summed E-state index contributed by atoms with van der Waals surface area (Å²) < 4.78 is 14.9. The number of halogens is 1. The van der Waals surface area contributed by atoms with Gasteiger partial charge in [-0.15, -0.1) is 0 Å². The largest absolute Gasteiger partial charge is 0.294 e. The van der Waals surface area contributed by atoms with Crippen molar-refractivity contribution >= 4 is 11.4 Å². The minimum atomic E-state index is -0.281. The Morgan fingerprint density at radius 3 is 2.52 bits per heavy atom. The Labute approximate surface area is 155 Å². The number of carbonyl (C=O) groups is 1. The normalized spacial score (nSPS) is 16.5. The molecule has 1 aliphatic carbocycles. The minimum absolute atomic E-state index is 0.0957. The molecule has 2 aromatic carbocycles. The van der Waals surface area contributed by atoms with E-state index in [9.17, 15) is 9.18 Å². The van der Waals surface area contributed by atoms with E-state index >= 15 is 0 Å². The number of Topliss-reactive ketones (excluding diaryl/α,β-unsaturated/α-hetero) is 1. The molecule has 132 valence electrons. The van der Waals surface area contributed by atoms with Crippen LogP contribution in [-0.2, 0) is 6.42 Å². The van der Waals surface area contributed by atoms with E-state index in [2.05, 4.69) is 17.2 Å². The second-order valence-corrected chi connectivity index (χ2v) is 6.87. The fraction of sp³-hybridized carbons (Fsp3) is 0.136. The second-order valence-electron chi connectivity index (χ2n) is 6.87. The van der Waals surface area contributed by atoms with Crippen LogP contribution in [0.5, 0.6) is 0 Å². The van der Waals surface area contributed by atoms with Gasteiger partial charge in [0.25, 0.3) is 0 Å². The van der Waals surface area contributed by atoms with Gasteiger partial charge in [0.2, 0.25) is 0 Å². The van der Waals surface area contributed by atoms with Crippen LogP contribution in [0.3, 0.4) is 0 Å². The van der Waals surface area contributed by atoms with Crippen LogP contribution in [0.2, 0.25) is 0 Å². The van der Waals surface area contributed by atoms with Gasteiger partial charge in [-0.3, -0.25) is 4.79 Å². The van der Waals surface area contributed by atoms with Crippen molar-refractivity contribution in [1.82, 2.24) is 14.6 Å². The van der Waals surface area contributed by atoms with Gasteiger partial charge in [-0.1, -0.05) is 42.5 Å². The lowest BCUT2D eigenvalue weighted by atomic mass is 9.82. The number of benzene rings is 2. The standard InChI is InChI=1S/C22H16FN3O/c23-17-8-6-15(7-9-17)18-12-24-26-13-19-20(25-22(18)26)10-16(11-21(19)27)14-4-2-1-3-5-14/h1-9,12-13,16H,10-11H2. The van der Waals surface area contributed by atoms with Crippen LogP contribution in [0.1, 0.15) is 34.0 Å². The number of aromatic nitrogens is 3. The maximum Gasteiger partial charge on any atom is 0.166 e. The summed E-state index contributed by atoms with van der Waals surface area (Å²) >= 11 is 0. The third-order valence-electron chi connectivity index (χ3n) is 5.17. The predicted molar refractivity (Wildman–Crippen MR) is 100 cm³/mol. The van der Waals surface area contributed by atoms with Crippen molar-refractivity contribution in [3.63, 3.8) is 0 Å². The average Bonchev–Trinajstić information content (AvgIpc) is 3.11. The smallest absolute Gasteiger partial charge is 0.166 e. The van der Waals surface area contributed by atoms with E-state index in [1.807, 2.05) is 18.2 Å². The van der Waals surface area contributed by atoms with E-state index in [1.54, 1.807) is 29.0 Å². The van der Waals surface area contributed by atoms with Crippen LogP contribution >= 0.6 is 0 Å². The Balaban J connectivity index is 1.61. The van der Waals surface area contributed by atoms with Crippen molar-refractivity contribution in [2.24, 2.45) is 0 Å². The molecule has 0 amide bonds. The summed E-state index contributed by atoms with van der Waals surface area (Å²) in [5, 5.41) is 4.35. The SMILES string of the molecule is O=C1CC(c2ccccc2)Cc2nc3c(-c4ccc(F)cc4)cnn3cc21. The topological polar surface area (TPSA) is 47.3 Å². The van der Waals surface area contributed by atoms with Gasteiger partial charge < -0.3 is 0 Å². The molecule has 0 N–H and O–H groups in total. The summed E-state index contributed by atoms with van der Waals surface area (Å²) in [6, 6.07) is 16.4. The number of nitrogens with zero attached hydrogens (tertiary/aromatic N) is 3. The van der Waals surface area contributed by atoms with Crippen molar-refractivity contribution in [2.75, 3.05) is 0 Å². The first-order chi connectivity index (χ1) is 13.2. The molecule has 0 saturated carbocycles. The molecule has 4 nitrogen and oxygen atoms in total. The molecule has 4 aromatic rings. The highest BCUT2D eigenvalue weighted by Gasteiger charge is 2.28. The maximum atomic E-state index is 13.2. The number of fused-ring (bicyclic) bond motifs is 2. The van der Waals surface area contributed by atoms with E-state index < -0.39 is 0 Å². The Kier molecular flexibility index (Phi) is 3.60. The third-order valence-corrected chi connectivity index (χ3v) is 5.17. The van der Waals surface area contributed by atoms with Crippen molar-refractivity contribution in [1.29, 1.82) is 0 Å². The van der Waals surface area contributed by atoms with E-state index in [4.69, 9.17) is 4.98 Å². The van der Waals surface area contributed by atoms with Gasteiger partial charge in [0.05, 0.1) is 17.5 Å². The zero-order chi connectivity index (χ0) is 18.4. The van der Waals surface area contributed by atoms with Crippen LogP contribution in [0.25, 0.3) is 16.8 Å². The molecule has 0 radical (unpaired) electrons. The molecule has 2 aromatic heterocycles. The molecule has 5 rings (SSSR count). The van der Waals surface area contributed by atoms with Crippen molar-refractivity contribution in [3.05, 3.63) is 89.6 Å². The molecule has 0 fully saturated rings. The summed E-state index contributed by atoms with van der Waals surface area (Å²) in [6.45, 7) is 0. The van der Waals surface area contributed by atoms with E-state index in [0.717, 1.165) is 28.8 Å². The zero-order valence-corrected chi connectivity index (χ0v) is 14.5. The van der Waals surface area contributed by atoms with E-state index in [-0.39, 0.29) is 17.5 Å². The van der Waals surface area contributed by atoms with Crippen LogP contribution in [-0.4, -0.2) is 20.4 Å². The van der Waals surface area contributed by atoms with Crippen LogP contribution in [0, 0.1) is 5.82 Å². The van der Waals surface area contributed by atoms with Crippen LogP contribution in [0.15, 0.2) is 67.0 Å². The first kappa shape index (κ1) is 15.9. The molecule has 27 heavy (non-hydrogen) atoms. The zero-order valence-electron chi connectivity index (χ0n) is 14.5. The van der Waals surface area contributed by atoms with Gasteiger partial charge in [0.15, 0.2) is 11.4 Å². The Bertz CT molecular complexity index is 1150. The minimum Gasteiger partial charge on any atom is -0.294 e. The van der Waals surface area contributed by atoms with Gasteiger partial charge in [-0.2, -0.15) is 5.10 Å². The molecule has 5 heteroatoms. The molecule has 0 spiro atoms. The lowest BCUT2D eigenvalue weighted by Crippen LogP contribution is -2.21. The van der Waals surface area contributed by atoms with Gasteiger partial charge in [-0.25, -0.2) is 13.9 Å². The Morgan fingerprint density at radius 2 is 1.74 bits per heavy atom. The first-order valence-corrected chi connectivity index (χ1v) is 8.90. The monoisotopic (exact) mass is 357 g/mol. The summed E-state index contributed by atoms with van der Waals surface area (Å²) in [6.07, 6.45) is 4.68. The second kappa shape index (κ2) is 6.13. The number of rotatable bonds is 2. The van der Waals surface area contributed by atoms with Gasteiger partial charge in [0.1, 0.15) is 5.82 Å². The molecule has 1 atom stereocenters. The molecule has 2 heterocycles. The average molecular weight is 357 g/mol. The van der Waals surface area contributed by atoms with E-state index in [1.165, 1.54) is 12.1 Å². The number of ketones is 1. The van der Waals surface area contributed by atoms with Gasteiger partial charge >= 0.3 is 0 Å². The van der Waals surface area contributed by atoms with Crippen molar-refractivity contribution in [2.45, 2.75) is 18.8 Å². The number of hydrogen-bond acceptors (Lipinski definition) is 3.